The van der Waals surface area contributed by atoms with Crippen LogP contribution >= 0.6 is 0 Å². The van der Waals surface area contributed by atoms with Crippen LogP contribution in [0.3, 0.4) is 0 Å². The second kappa shape index (κ2) is 7.00. The van der Waals surface area contributed by atoms with Gasteiger partial charge in [0, 0.05) is 23.6 Å². The Morgan fingerprint density at radius 3 is 2.81 bits per heavy atom. The summed E-state index contributed by atoms with van der Waals surface area (Å²) in [6.45, 7) is 4.53. The molecule has 2 aromatic carbocycles. The summed E-state index contributed by atoms with van der Waals surface area (Å²) in [5.74, 6) is -0.300. The number of anilines is 1. The molecule has 27 heavy (non-hydrogen) atoms. The molecule has 3 aromatic rings. The van der Waals surface area contributed by atoms with E-state index in [2.05, 4.69) is 16.4 Å². The number of hydrogen-bond donors (Lipinski definition) is 2. The highest BCUT2D eigenvalue weighted by Crippen LogP contribution is 2.27. The summed E-state index contributed by atoms with van der Waals surface area (Å²) >= 11 is 0. The van der Waals surface area contributed by atoms with Crippen LogP contribution in [0.2, 0.25) is 0 Å². The van der Waals surface area contributed by atoms with Gasteiger partial charge in [-0.1, -0.05) is 30.3 Å². The van der Waals surface area contributed by atoms with E-state index in [1.807, 2.05) is 56.4 Å². The summed E-state index contributed by atoms with van der Waals surface area (Å²) in [5.41, 5.74) is 4.99. The lowest BCUT2D eigenvalue weighted by Crippen LogP contribution is -2.39. The highest BCUT2D eigenvalue weighted by atomic mass is 16.2. The number of aromatic amines is 1. The first-order chi connectivity index (χ1) is 13.0. The van der Waals surface area contributed by atoms with E-state index < -0.39 is 6.04 Å². The Labute approximate surface area is 158 Å². The minimum Gasteiger partial charge on any atom is -0.361 e. The van der Waals surface area contributed by atoms with Crippen molar-refractivity contribution in [3.05, 3.63) is 65.4 Å². The molecule has 138 valence electrons. The van der Waals surface area contributed by atoms with Crippen molar-refractivity contribution in [2.45, 2.75) is 32.7 Å². The number of imide groups is 1. The van der Waals surface area contributed by atoms with E-state index in [-0.39, 0.29) is 18.2 Å². The van der Waals surface area contributed by atoms with Crippen molar-refractivity contribution in [3.63, 3.8) is 0 Å². The van der Waals surface area contributed by atoms with E-state index in [0.717, 1.165) is 23.1 Å². The molecule has 0 saturated carbocycles. The molecule has 5 heteroatoms. The maximum atomic E-state index is 12.8. The fraction of sp³-hybridized carbons (Fsp3) is 0.273. The highest BCUT2D eigenvalue weighted by molar-refractivity contribution is 6.22. The smallest absolute Gasteiger partial charge is 0.251 e. The topological polar surface area (TPSA) is 65.2 Å². The Kier molecular flexibility index (Phi) is 4.54. The molecule has 1 atom stereocenters. The molecular weight excluding hydrogens is 338 g/mol. The summed E-state index contributed by atoms with van der Waals surface area (Å²) < 4.78 is 0. The van der Waals surface area contributed by atoms with Crippen molar-refractivity contribution in [3.8, 4) is 0 Å². The number of carbonyl (C=O) groups is 2. The zero-order valence-electron chi connectivity index (χ0n) is 15.6. The van der Waals surface area contributed by atoms with Crippen LogP contribution in [0.4, 0.5) is 5.69 Å². The SMILES string of the molecule is Cc1ccc(C)c(N2C(=O)CC(NCCc3c[nH]c4ccccc34)C2=O)c1. The molecular formula is C22H23N3O2. The minimum absolute atomic E-state index is 0.140. The van der Waals surface area contributed by atoms with Crippen molar-refractivity contribution in [1.29, 1.82) is 0 Å². The summed E-state index contributed by atoms with van der Waals surface area (Å²) in [6.07, 6.45) is 3.02. The van der Waals surface area contributed by atoms with Crippen molar-refractivity contribution >= 4 is 28.4 Å². The van der Waals surface area contributed by atoms with Crippen LogP contribution in [0.15, 0.2) is 48.7 Å². The van der Waals surface area contributed by atoms with Gasteiger partial charge in [0.2, 0.25) is 5.91 Å². The molecule has 2 amide bonds. The number of H-pyrrole nitrogens is 1. The fourth-order valence-electron chi connectivity index (χ4n) is 3.72. The number of benzene rings is 2. The molecule has 0 aliphatic carbocycles. The van der Waals surface area contributed by atoms with E-state index in [9.17, 15) is 9.59 Å². The molecule has 4 rings (SSSR count). The van der Waals surface area contributed by atoms with Gasteiger partial charge in [-0.3, -0.25) is 9.59 Å². The van der Waals surface area contributed by atoms with E-state index in [1.165, 1.54) is 15.8 Å². The van der Waals surface area contributed by atoms with Gasteiger partial charge in [-0.2, -0.15) is 0 Å². The second-order valence-electron chi connectivity index (χ2n) is 7.18. The summed E-state index contributed by atoms with van der Waals surface area (Å²) in [6, 6.07) is 13.5. The number of amides is 2. The van der Waals surface area contributed by atoms with Crippen molar-refractivity contribution in [1.82, 2.24) is 10.3 Å². The normalized spacial score (nSPS) is 17.3. The van der Waals surface area contributed by atoms with Crippen LogP contribution in [-0.2, 0) is 16.0 Å². The molecule has 1 fully saturated rings. The second-order valence-corrected chi connectivity index (χ2v) is 7.18. The summed E-state index contributed by atoms with van der Waals surface area (Å²) in [5, 5.41) is 4.47. The van der Waals surface area contributed by atoms with Gasteiger partial charge in [-0.15, -0.1) is 0 Å². The fourth-order valence-corrected chi connectivity index (χ4v) is 3.72. The number of nitrogens with one attached hydrogen (secondary N) is 2. The third kappa shape index (κ3) is 3.26. The number of carbonyl (C=O) groups excluding carboxylic acids is 2. The average molecular weight is 361 g/mol. The molecule has 0 bridgehead atoms. The number of nitrogens with zero attached hydrogens (tertiary/aromatic N) is 1. The molecule has 0 spiro atoms. The summed E-state index contributed by atoms with van der Waals surface area (Å²) in [7, 11) is 0. The van der Waals surface area contributed by atoms with Crippen molar-refractivity contribution in [2.24, 2.45) is 0 Å². The van der Waals surface area contributed by atoms with Gasteiger partial charge < -0.3 is 10.3 Å². The van der Waals surface area contributed by atoms with E-state index in [0.29, 0.717) is 12.2 Å². The quantitative estimate of drug-likeness (QED) is 0.686. The average Bonchev–Trinajstić information content (AvgIpc) is 3.19. The monoisotopic (exact) mass is 361 g/mol. The first-order valence-corrected chi connectivity index (χ1v) is 9.27. The predicted molar refractivity (Wildman–Crippen MR) is 107 cm³/mol. The zero-order valence-corrected chi connectivity index (χ0v) is 15.6. The van der Waals surface area contributed by atoms with Crippen LogP contribution in [-0.4, -0.2) is 29.4 Å². The van der Waals surface area contributed by atoms with Gasteiger partial charge in [0.15, 0.2) is 0 Å². The first kappa shape index (κ1) is 17.5. The molecule has 2 N–H and O–H groups in total. The van der Waals surface area contributed by atoms with Gasteiger partial charge in [0.25, 0.3) is 5.91 Å². The van der Waals surface area contributed by atoms with Gasteiger partial charge in [-0.05, 0) is 49.1 Å². The number of aromatic nitrogens is 1. The Bertz CT molecular complexity index is 1020. The number of fused-ring (bicyclic) bond motifs is 1. The van der Waals surface area contributed by atoms with Crippen LogP contribution in [0.1, 0.15) is 23.1 Å². The standard InChI is InChI=1S/C22H23N3O2/c1-14-7-8-15(2)20(11-14)25-21(26)12-19(22(25)27)23-10-9-16-13-24-18-6-4-3-5-17(16)18/h3-8,11,13,19,23-24H,9-10,12H2,1-2H3. The van der Waals surface area contributed by atoms with E-state index in [1.54, 1.807) is 0 Å². The summed E-state index contributed by atoms with van der Waals surface area (Å²) in [4.78, 5) is 29.9. The predicted octanol–water partition coefficient (Wildman–Crippen LogP) is 3.25. The first-order valence-electron chi connectivity index (χ1n) is 9.27. The number of aryl methyl sites for hydroxylation is 2. The third-order valence-corrected chi connectivity index (χ3v) is 5.21. The Morgan fingerprint density at radius 2 is 1.96 bits per heavy atom. The minimum atomic E-state index is -0.456. The molecule has 1 unspecified atom stereocenters. The molecule has 1 aliphatic heterocycles. The number of rotatable bonds is 5. The maximum absolute atomic E-state index is 12.8. The largest absolute Gasteiger partial charge is 0.361 e. The molecule has 1 aliphatic rings. The third-order valence-electron chi connectivity index (χ3n) is 5.21. The number of para-hydroxylation sites is 1. The Balaban J connectivity index is 1.44. The van der Waals surface area contributed by atoms with Gasteiger partial charge in [0.1, 0.15) is 0 Å². The highest BCUT2D eigenvalue weighted by Gasteiger charge is 2.39. The van der Waals surface area contributed by atoms with Gasteiger partial charge in [-0.25, -0.2) is 4.90 Å². The zero-order chi connectivity index (χ0) is 19.0. The van der Waals surface area contributed by atoms with Crippen LogP contribution in [0, 0.1) is 13.8 Å². The Morgan fingerprint density at radius 1 is 1.15 bits per heavy atom. The molecule has 0 radical (unpaired) electrons. The lowest BCUT2D eigenvalue weighted by molar-refractivity contribution is -0.121. The molecule has 2 heterocycles. The maximum Gasteiger partial charge on any atom is 0.251 e. The van der Waals surface area contributed by atoms with E-state index in [4.69, 9.17) is 0 Å². The van der Waals surface area contributed by atoms with Crippen LogP contribution in [0.25, 0.3) is 10.9 Å². The lowest BCUT2D eigenvalue weighted by Gasteiger charge is -2.18. The molecule has 1 aromatic heterocycles. The van der Waals surface area contributed by atoms with Crippen LogP contribution in [0.5, 0.6) is 0 Å². The number of hydrogen-bond acceptors (Lipinski definition) is 3. The van der Waals surface area contributed by atoms with Gasteiger partial charge in [0.05, 0.1) is 18.2 Å². The van der Waals surface area contributed by atoms with Crippen LogP contribution < -0.4 is 10.2 Å². The molecule has 1 saturated heterocycles. The lowest BCUT2D eigenvalue weighted by atomic mass is 10.1. The van der Waals surface area contributed by atoms with Crippen molar-refractivity contribution < 1.29 is 9.59 Å². The molecule has 5 nitrogen and oxygen atoms in total. The Hall–Kier alpha value is -2.92. The van der Waals surface area contributed by atoms with E-state index >= 15 is 0 Å². The van der Waals surface area contributed by atoms with Gasteiger partial charge >= 0.3 is 0 Å². The van der Waals surface area contributed by atoms with Crippen molar-refractivity contribution in [2.75, 3.05) is 11.4 Å².